The van der Waals surface area contributed by atoms with Crippen molar-refractivity contribution in [2.45, 2.75) is 77.5 Å². The Morgan fingerprint density at radius 2 is 1.89 bits per heavy atom. The fourth-order valence-electron chi connectivity index (χ4n) is 5.51. The van der Waals surface area contributed by atoms with Crippen LogP contribution in [0.2, 0.25) is 0 Å². The molecule has 192 valence electrons. The molecule has 9 nitrogen and oxygen atoms in total. The van der Waals surface area contributed by atoms with Gasteiger partial charge >= 0.3 is 6.09 Å². The molecule has 4 aromatic heterocycles. The molecule has 0 bridgehead atoms. The van der Waals surface area contributed by atoms with Gasteiger partial charge in [0.05, 0.1) is 24.0 Å². The lowest BCUT2D eigenvalue weighted by molar-refractivity contribution is 0.0221. The summed E-state index contributed by atoms with van der Waals surface area (Å²) in [6.07, 6.45) is 12.2. The van der Waals surface area contributed by atoms with Crippen molar-refractivity contribution in [3.63, 3.8) is 0 Å². The smallest absolute Gasteiger partial charge is 0.410 e. The molecule has 1 N–H and O–H groups in total. The van der Waals surface area contributed by atoms with Crippen molar-refractivity contribution >= 4 is 39.8 Å². The molecule has 0 atom stereocenters. The summed E-state index contributed by atoms with van der Waals surface area (Å²) in [4.78, 5) is 33.1. The van der Waals surface area contributed by atoms with E-state index in [4.69, 9.17) is 14.7 Å². The monoisotopic (exact) mass is 499 g/mol. The molecule has 0 spiro atoms. The zero-order chi connectivity index (χ0) is 25.6. The second kappa shape index (κ2) is 9.28. The van der Waals surface area contributed by atoms with E-state index < -0.39 is 5.60 Å². The van der Waals surface area contributed by atoms with Crippen molar-refractivity contribution in [1.82, 2.24) is 29.4 Å². The van der Waals surface area contributed by atoms with Crippen LogP contribution in [0, 0.1) is 0 Å². The first-order chi connectivity index (χ1) is 17.9. The highest BCUT2D eigenvalue weighted by atomic mass is 16.6. The largest absolute Gasteiger partial charge is 0.444 e. The van der Waals surface area contributed by atoms with Crippen molar-refractivity contribution in [3.8, 4) is 0 Å². The Hall–Kier alpha value is -3.75. The molecule has 9 heteroatoms. The molecule has 37 heavy (non-hydrogen) atoms. The Balaban J connectivity index is 1.30. The van der Waals surface area contributed by atoms with Crippen LogP contribution in [0.4, 0.5) is 16.6 Å². The van der Waals surface area contributed by atoms with E-state index in [1.54, 1.807) is 4.90 Å². The van der Waals surface area contributed by atoms with Crippen LogP contribution in [0.25, 0.3) is 21.9 Å². The molecule has 0 unspecified atom stereocenters. The normalized spacial score (nSPS) is 16.7. The quantitative estimate of drug-likeness (QED) is 0.374. The molecule has 1 fully saturated rings. The Morgan fingerprint density at radius 1 is 1.05 bits per heavy atom. The second-order valence-corrected chi connectivity index (χ2v) is 11.1. The Bertz CT molecular complexity index is 1470. The third-order valence-electron chi connectivity index (χ3n) is 7.24. The Labute approximate surface area is 216 Å². The minimum absolute atomic E-state index is 0.308. The fourth-order valence-corrected chi connectivity index (χ4v) is 5.51. The molecule has 0 aromatic carbocycles. The number of pyridine rings is 2. The summed E-state index contributed by atoms with van der Waals surface area (Å²) in [5, 5.41) is 5.48. The molecule has 1 aliphatic carbocycles. The maximum atomic E-state index is 12.6. The first-order valence-electron chi connectivity index (χ1n) is 13.2. The highest BCUT2D eigenvalue weighted by Gasteiger charge is 2.27. The van der Waals surface area contributed by atoms with Crippen molar-refractivity contribution in [2.24, 2.45) is 0 Å². The van der Waals surface area contributed by atoms with Crippen LogP contribution < -0.4 is 5.32 Å². The van der Waals surface area contributed by atoms with Gasteiger partial charge in [-0.1, -0.05) is 25.3 Å². The lowest BCUT2D eigenvalue weighted by Crippen LogP contribution is -2.40. The highest BCUT2D eigenvalue weighted by Crippen LogP contribution is 2.36. The summed E-state index contributed by atoms with van der Waals surface area (Å²) in [6.45, 7) is 6.68. The number of amides is 1. The standard InChI is InChI=1S/C28H33N7O2/c1-28(2,3)37-27(36)34-14-12-18-9-10-24(31-22(18)17-34)32-26-30-15-21-20-11-13-29-16-23(20)35(25(21)33-26)19-7-5-4-6-8-19/h9-11,13,15-16,19H,4-8,12,14,17H2,1-3H3,(H,30,31,32,33). The molecule has 1 saturated carbocycles. The fraction of sp³-hybridized carbons (Fsp3) is 0.464. The summed E-state index contributed by atoms with van der Waals surface area (Å²) >= 11 is 0. The molecule has 5 heterocycles. The third-order valence-corrected chi connectivity index (χ3v) is 7.24. The van der Waals surface area contributed by atoms with Gasteiger partial charge in [-0.05, 0) is 57.7 Å². The number of aromatic nitrogens is 5. The predicted molar refractivity (Wildman–Crippen MR) is 143 cm³/mol. The summed E-state index contributed by atoms with van der Waals surface area (Å²) in [7, 11) is 0. The van der Waals surface area contributed by atoms with Gasteiger partial charge in [0.25, 0.3) is 0 Å². The van der Waals surface area contributed by atoms with Gasteiger partial charge in [0, 0.05) is 35.8 Å². The van der Waals surface area contributed by atoms with E-state index in [1.807, 2.05) is 45.4 Å². The van der Waals surface area contributed by atoms with Crippen LogP contribution in [-0.2, 0) is 17.7 Å². The van der Waals surface area contributed by atoms with E-state index in [2.05, 4.69) is 32.0 Å². The summed E-state index contributed by atoms with van der Waals surface area (Å²) in [5.41, 5.74) is 3.53. The van der Waals surface area contributed by atoms with Gasteiger partial charge in [0.15, 0.2) is 0 Å². The number of fused-ring (bicyclic) bond motifs is 4. The zero-order valence-corrected chi connectivity index (χ0v) is 21.7. The summed E-state index contributed by atoms with van der Waals surface area (Å²) in [6, 6.07) is 6.49. The first-order valence-corrected chi connectivity index (χ1v) is 13.2. The minimum Gasteiger partial charge on any atom is -0.444 e. The van der Waals surface area contributed by atoms with Crippen molar-refractivity contribution in [3.05, 3.63) is 48.0 Å². The first kappa shape index (κ1) is 23.6. The topological polar surface area (TPSA) is 98.1 Å². The second-order valence-electron chi connectivity index (χ2n) is 11.1. The van der Waals surface area contributed by atoms with Gasteiger partial charge < -0.3 is 19.5 Å². The van der Waals surface area contributed by atoms with Crippen molar-refractivity contribution in [2.75, 3.05) is 11.9 Å². The number of hydrogen-bond donors (Lipinski definition) is 1. The molecule has 1 amide bonds. The maximum absolute atomic E-state index is 12.6. The highest BCUT2D eigenvalue weighted by molar-refractivity contribution is 6.06. The van der Waals surface area contributed by atoms with Crippen LogP contribution in [0.15, 0.2) is 36.8 Å². The Morgan fingerprint density at radius 3 is 2.70 bits per heavy atom. The van der Waals surface area contributed by atoms with Crippen LogP contribution in [-0.4, -0.2) is 47.6 Å². The predicted octanol–water partition coefficient (Wildman–Crippen LogP) is 5.92. The van der Waals surface area contributed by atoms with Gasteiger partial charge in [-0.3, -0.25) is 4.98 Å². The van der Waals surface area contributed by atoms with Gasteiger partial charge in [0.2, 0.25) is 5.95 Å². The van der Waals surface area contributed by atoms with E-state index in [0.717, 1.165) is 52.5 Å². The summed E-state index contributed by atoms with van der Waals surface area (Å²) in [5.74, 6) is 1.17. The van der Waals surface area contributed by atoms with E-state index in [0.29, 0.717) is 30.9 Å². The van der Waals surface area contributed by atoms with Crippen LogP contribution in [0.1, 0.15) is 70.2 Å². The van der Waals surface area contributed by atoms with Gasteiger partial charge in [-0.2, -0.15) is 4.98 Å². The number of carbonyl (C=O) groups is 1. The number of rotatable bonds is 3. The summed E-state index contributed by atoms with van der Waals surface area (Å²) < 4.78 is 7.93. The lowest BCUT2D eigenvalue weighted by Gasteiger charge is -2.30. The van der Waals surface area contributed by atoms with Crippen LogP contribution >= 0.6 is 0 Å². The number of hydrogen-bond acceptors (Lipinski definition) is 7. The van der Waals surface area contributed by atoms with Crippen LogP contribution in [0.3, 0.4) is 0 Å². The Kier molecular flexibility index (Phi) is 5.93. The molecule has 0 radical (unpaired) electrons. The van der Waals surface area contributed by atoms with Gasteiger partial charge in [-0.15, -0.1) is 0 Å². The average molecular weight is 500 g/mol. The van der Waals surface area contributed by atoms with Crippen LogP contribution in [0.5, 0.6) is 0 Å². The maximum Gasteiger partial charge on any atom is 0.410 e. The van der Waals surface area contributed by atoms with Gasteiger partial charge in [0.1, 0.15) is 17.1 Å². The third kappa shape index (κ3) is 4.70. The average Bonchev–Trinajstić information content (AvgIpc) is 3.21. The zero-order valence-electron chi connectivity index (χ0n) is 21.7. The molecule has 0 saturated heterocycles. The molecule has 6 rings (SSSR count). The van der Waals surface area contributed by atoms with E-state index >= 15 is 0 Å². The molecular formula is C28H33N7O2. The van der Waals surface area contributed by atoms with Gasteiger partial charge in [-0.25, -0.2) is 14.8 Å². The SMILES string of the molecule is CC(C)(C)OC(=O)N1CCc2ccc(Nc3ncc4c5ccncc5n(C5CCCCC5)c4n3)nc2C1. The number of anilines is 2. The molecule has 4 aromatic rings. The van der Waals surface area contributed by atoms with Crippen molar-refractivity contribution < 1.29 is 9.53 Å². The van der Waals surface area contributed by atoms with Crippen molar-refractivity contribution in [1.29, 1.82) is 0 Å². The van der Waals surface area contributed by atoms with E-state index in [1.165, 1.54) is 19.3 Å². The molecule has 1 aliphatic heterocycles. The molecular weight excluding hydrogens is 466 g/mol. The number of nitrogens with zero attached hydrogens (tertiary/aromatic N) is 6. The number of nitrogens with one attached hydrogen (secondary N) is 1. The number of carbonyl (C=O) groups excluding carboxylic acids is 1. The van der Waals surface area contributed by atoms with E-state index in [9.17, 15) is 4.79 Å². The molecule has 2 aliphatic rings. The van der Waals surface area contributed by atoms with E-state index in [-0.39, 0.29) is 6.09 Å². The minimum atomic E-state index is -0.527. The number of ether oxygens (including phenoxy) is 1. The lowest BCUT2D eigenvalue weighted by atomic mass is 9.95.